The van der Waals surface area contributed by atoms with Gasteiger partial charge in [-0.3, -0.25) is 0 Å². The maximum atomic E-state index is 6.01. The fourth-order valence-corrected chi connectivity index (χ4v) is 4.75. The summed E-state index contributed by atoms with van der Waals surface area (Å²) in [7, 11) is 2.05. The van der Waals surface area contributed by atoms with Gasteiger partial charge in [0.05, 0.1) is 12.6 Å². The molecule has 1 aromatic rings. The molecule has 2 N–H and O–H groups in total. The van der Waals surface area contributed by atoms with Crippen LogP contribution in [0, 0.1) is 11.3 Å². The van der Waals surface area contributed by atoms with Crippen molar-refractivity contribution in [2.24, 2.45) is 23.4 Å². The third kappa shape index (κ3) is 2.45. The summed E-state index contributed by atoms with van der Waals surface area (Å²) in [6.07, 6.45) is 9.87. The molecule has 3 unspecified atom stereocenters. The minimum absolute atomic E-state index is 0.393. The van der Waals surface area contributed by atoms with E-state index in [0.717, 1.165) is 25.7 Å². The molecule has 3 fully saturated rings. The Labute approximate surface area is 138 Å². The summed E-state index contributed by atoms with van der Waals surface area (Å²) in [5.41, 5.74) is 1.64. The van der Waals surface area contributed by atoms with Gasteiger partial charge in [0.2, 0.25) is 0 Å². The van der Waals surface area contributed by atoms with E-state index in [4.69, 9.17) is 9.73 Å². The van der Waals surface area contributed by atoms with E-state index in [1.54, 1.807) is 0 Å². The first-order valence-corrected chi connectivity index (χ1v) is 9.00. The molecule has 1 aromatic heterocycles. The van der Waals surface area contributed by atoms with E-state index in [2.05, 4.69) is 40.6 Å². The van der Waals surface area contributed by atoms with Gasteiger partial charge in [0.25, 0.3) is 0 Å². The second-order valence-electron chi connectivity index (χ2n) is 7.33. The second kappa shape index (κ2) is 5.86. The summed E-state index contributed by atoms with van der Waals surface area (Å²) < 4.78 is 8.08. The molecule has 2 saturated carbocycles. The molecule has 1 spiro atoms. The highest BCUT2D eigenvalue weighted by atomic mass is 16.5. The Morgan fingerprint density at radius 1 is 1.48 bits per heavy atom. The highest BCUT2D eigenvalue weighted by Crippen LogP contribution is 2.62. The second-order valence-corrected chi connectivity index (χ2v) is 7.33. The van der Waals surface area contributed by atoms with Crippen molar-refractivity contribution >= 4 is 5.96 Å². The standard InChI is InChI=1S/C18H28N4O/c1-3-19-17(20-11-13-5-9-22(2)12-13)21-15-14-6-10-23-16(14)18(15)7-4-8-18/h5,9,12,14-16H,3-4,6-8,10-11H2,1-2H3,(H2,19,20,21). The zero-order valence-electron chi connectivity index (χ0n) is 14.2. The molecule has 2 aliphatic carbocycles. The van der Waals surface area contributed by atoms with Crippen LogP contribution in [-0.2, 0) is 18.3 Å². The third-order valence-electron chi connectivity index (χ3n) is 5.99. The topological polar surface area (TPSA) is 50.6 Å². The van der Waals surface area contributed by atoms with Crippen LogP contribution in [0.25, 0.3) is 0 Å². The van der Waals surface area contributed by atoms with Crippen LogP contribution in [0.15, 0.2) is 23.5 Å². The number of ether oxygens (including phenoxy) is 1. The van der Waals surface area contributed by atoms with Crippen LogP contribution >= 0.6 is 0 Å². The van der Waals surface area contributed by atoms with E-state index in [-0.39, 0.29) is 0 Å². The minimum atomic E-state index is 0.393. The summed E-state index contributed by atoms with van der Waals surface area (Å²) in [4.78, 5) is 4.80. The van der Waals surface area contributed by atoms with Gasteiger partial charge in [-0.2, -0.15) is 0 Å². The van der Waals surface area contributed by atoms with E-state index in [1.165, 1.54) is 31.2 Å². The van der Waals surface area contributed by atoms with Crippen LogP contribution < -0.4 is 10.6 Å². The van der Waals surface area contributed by atoms with Crippen molar-refractivity contribution in [1.82, 2.24) is 15.2 Å². The average Bonchev–Trinajstić information content (AvgIpc) is 3.08. The number of hydrogen-bond acceptors (Lipinski definition) is 2. The quantitative estimate of drug-likeness (QED) is 0.660. The predicted molar refractivity (Wildman–Crippen MR) is 91.3 cm³/mol. The molecule has 0 aromatic carbocycles. The molecule has 0 bridgehead atoms. The van der Waals surface area contributed by atoms with Gasteiger partial charge in [0.1, 0.15) is 0 Å². The Kier molecular flexibility index (Phi) is 3.84. The molecule has 3 aliphatic rings. The fourth-order valence-electron chi connectivity index (χ4n) is 4.75. The zero-order chi connectivity index (χ0) is 15.9. The van der Waals surface area contributed by atoms with Gasteiger partial charge in [-0.1, -0.05) is 6.42 Å². The Balaban J connectivity index is 1.45. The molecule has 5 heteroatoms. The Morgan fingerprint density at radius 2 is 2.35 bits per heavy atom. The summed E-state index contributed by atoms with van der Waals surface area (Å²) in [5, 5.41) is 7.16. The lowest BCUT2D eigenvalue weighted by atomic mass is 9.46. The van der Waals surface area contributed by atoms with E-state index >= 15 is 0 Å². The van der Waals surface area contributed by atoms with E-state index in [1.807, 2.05) is 7.05 Å². The summed E-state index contributed by atoms with van der Waals surface area (Å²) >= 11 is 0. The molecule has 2 heterocycles. The summed E-state index contributed by atoms with van der Waals surface area (Å²) in [6.45, 7) is 4.68. The van der Waals surface area contributed by atoms with Crippen molar-refractivity contribution in [2.75, 3.05) is 13.2 Å². The lowest BCUT2D eigenvalue weighted by Crippen LogP contribution is -2.72. The van der Waals surface area contributed by atoms with Gasteiger partial charge in [0.15, 0.2) is 5.96 Å². The van der Waals surface area contributed by atoms with Gasteiger partial charge in [-0.25, -0.2) is 4.99 Å². The van der Waals surface area contributed by atoms with Gasteiger partial charge in [-0.05, 0) is 37.8 Å². The number of nitrogens with zero attached hydrogens (tertiary/aromatic N) is 2. The van der Waals surface area contributed by atoms with Crippen molar-refractivity contribution < 1.29 is 4.74 Å². The highest BCUT2D eigenvalue weighted by molar-refractivity contribution is 5.80. The smallest absolute Gasteiger partial charge is 0.191 e. The Morgan fingerprint density at radius 3 is 3.00 bits per heavy atom. The van der Waals surface area contributed by atoms with Gasteiger partial charge in [-0.15, -0.1) is 0 Å². The lowest BCUT2D eigenvalue weighted by Gasteiger charge is -2.63. The molecule has 23 heavy (non-hydrogen) atoms. The van der Waals surface area contributed by atoms with Crippen LogP contribution in [0.3, 0.4) is 0 Å². The molecule has 1 saturated heterocycles. The summed E-state index contributed by atoms with van der Waals surface area (Å²) in [6, 6.07) is 2.67. The van der Waals surface area contributed by atoms with E-state index in [0.29, 0.717) is 23.5 Å². The van der Waals surface area contributed by atoms with E-state index in [9.17, 15) is 0 Å². The first-order chi connectivity index (χ1) is 11.2. The van der Waals surface area contributed by atoms with Crippen LogP contribution in [0.2, 0.25) is 0 Å². The summed E-state index contributed by atoms with van der Waals surface area (Å²) in [5.74, 6) is 1.63. The van der Waals surface area contributed by atoms with Crippen LogP contribution in [-0.4, -0.2) is 35.8 Å². The Bertz CT molecular complexity index is 590. The number of rotatable bonds is 4. The molecular weight excluding hydrogens is 288 g/mol. The van der Waals surface area contributed by atoms with Crippen LogP contribution in [0.1, 0.15) is 38.2 Å². The zero-order valence-corrected chi connectivity index (χ0v) is 14.2. The number of aryl methyl sites for hydroxylation is 1. The molecule has 4 rings (SSSR count). The van der Waals surface area contributed by atoms with Crippen molar-refractivity contribution in [3.63, 3.8) is 0 Å². The van der Waals surface area contributed by atoms with Crippen LogP contribution in [0.4, 0.5) is 0 Å². The number of fused-ring (bicyclic) bond motifs is 2. The Hall–Kier alpha value is -1.49. The SMILES string of the molecule is CCNC(=NCc1ccn(C)c1)NC1C2CCOC2C12CCC2. The van der Waals surface area contributed by atoms with E-state index < -0.39 is 0 Å². The number of nitrogens with one attached hydrogen (secondary N) is 2. The molecule has 5 nitrogen and oxygen atoms in total. The number of aromatic nitrogens is 1. The van der Waals surface area contributed by atoms with Crippen molar-refractivity contribution in [3.05, 3.63) is 24.0 Å². The molecule has 3 atom stereocenters. The maximum absolute atomic E-state index is 6.01. The largest absolute Gasteiger partial charge is 0.377 e. The first kappa shape index (κ1) is 15.1. The van der Waals surface area contributed by atoms with Crippen molar-refractivity contribution in [2.45, 2.75) is 51.3 Å². The predicted octanol–water partition coefficient (Wildman–Crippen LogP) is 2.04. The van der Waals surface area contributed by atoms with Gasteiger partial charge < -0.3 is 19.9 Å². The minimum Gasteiger partial charge on any atom is -0.377 e. The average molecular weight is 316 g/mol. The first-order valence-electron chi connectivity index (χ1n) is 9.00. The van der Waals surface area contributed by atoms with Crippen molar-refractivity contribution in [3.8, 4) is 0 Å². The van der Waals surface area contributed by atoms with Crippen LogP contribution in [0.5, 0.6) is 0 Å². The normalized spacial score (nSPS) is 31.4. The lowest BCUT2D eigenvalue weighted by molar-refractivity contribution is -0.171. The molecule has 0 radical (unpaired) electrons. The van der Waals surface area contributed by atoms with Gasteiger partial charge in [0, 0.05) is 50.0 Å². The highest BCUT2D eigenvalue weighted by Gasteiger charge is 2.66. The third-order valence-corrected chi connectivity index (χ3v) is 5.99. The van der Waals surface area contributed by atoms with Crippen molar-refractivity contribution in [1.29, 1.82) is 0 Å². The number of hydrogen-bond donors (Lipinski definition) is 2. The molecule has 126 valence electrons. The molecular formula is C18H28N4O. The number of guanidine groups is 1. The fraction of sp³-hybridized carbons (Fsp3) is 0.722. The molecule has 1 aliphatic heterocycles. The molecule has 0 amide bonds. The maximum Gasteiger partial charge on any atom is 0.191 e. The van der Waals surface area contributed by atoms with Gasteiger partial charge >= 0.3 is 0 Å². The monoisotopic (exact) mass is 316 g/mol. The number of aliphatic imine (C=N–C) groups is 1.